The maximum Gasteiger partial charge on any atom is 0.338 e. The molecule has 0 aliphatic heterocycles. The Labute approximate surface area is 89.9 Å². The van der Waals surface area contributed by atoms with Crippen LogP contribution in [0.2, 0.25) is 5.02 Å². The molecule has 0 fully saturated rings. The largest absolute Gasteiger partial charge is 0.478 e. The predicted molar refractivity (Wildman–Crippen MR) is 55.9 cm³/mol. The van der Waals surface area contributed by atoms with Gasteiger partial charge in [0.2, 0.25) is 0 Å². The highest BCUT2D eigenvalue weighted by atomic mass is 35.5. The minimum absolute atomic E-state index is 0.152. The van der Waals surface area contributed by atoms with E-state index in [1.54, 1.807) is 12.1 Å². The van der Waals surface area contributed by atoms with E-state index in [-0.39, 0.29) is 16.0 Å². The highest BCUT2D eigenvalue weighted by molar-refractivity contribution is 6.35. The Kier molecular flexibility index (Phi) is 2.32. The maximum absolute atomic E-state index is 13.7. The summed E-state index contributed by atoms with van der Waals surface area (Å²) in [6.45, 7) is 0. The van der Waals surface area contributed by atoms with Gasteiger partial charge in [0.25, 0.3) is 0 Å². The molecule has 0 amide bonds. The van der Waals surface area contributed by atoms with Crippen molar-refractivity contribution in [1.82, 2.24) is 0 Å². The molecule has 2 aromatic rings. The molecule has 1 N–H and O–H groups in total. The van der Waals surface area contributed by atoms with E-state index < -0.39 is 11.8 Å². The molecule has 2 aromatic carbocycles. The van der Waals surface area contributed by atoms with Crippen molar-refractivity contribution in [3.05, 3.63) is 46.7 Å². The number of halogens is 2. The lowest BCUT2D eigenvalue weighted by molar-refractivity contribution is 0.0692. The van der Waals surface area contributed by atoms with Gasteiger partial charge in [0, 0.05) is 5.39 Å². The van der Waals surface area contributed by atoms with Crippen LogP contribution in [0.25, 0.3) is 10.8 Å². The molecule has 76 valence electrons. The van der Waals surface area contributed by atoms with Gasteiger partial charge in [-0.1, -0.05) is 29.8 Å². The van der Waals surface area contributed by atoms with Gasteiger partial charge in [0.05, 0.1) is 10.6 Å². The molecule has 0 aliphatic carbocycles. The first-order valence-corrected chi connectivity index (χ1v) is 4.59. The summed E-state index contributed by atoms with van der Waals surface area (Å²) in [5, 5.41) is 9.69. The maximum atomic E-state index is 13.7. The number of carboxylic acids is 1. The Morgan fingerprint density at radius 2 is 2.00 bits per heavy atom. The van der Waals surface area contributed by atoms with Crippen molar-refractivity contribution in [3.8, 4) is 0 Å². The summed E-state index contributed by atoms with van der Waals surface area (Å²) in [4.78, 5) is 10.7. The van der Waals surface area contributed by atoms with E-state index in [4.69, 9.17) is 16.7 Å². The molecule has 0 atom stereocenters. The Bertz CT molecular complexity index is 552. The van der Waals surface area contributed by atoms with Crippen molar-refractivity contribution in [3.63, 3.8) is 0 Å². The minimum atomic E-state index is -1.30. The van der Waals surface area contributed by atoms with Crippen molar-refractivity contribution >= 4 is 28.3 Å². The van der Waals surface area contributed by atoms with Gasteiger partial charge in [-0.05, 0) is 17.5 Å². The first-order chi connectivity index (χ1) is 7.11. The van der Waals surface area contributed by atoms with Crippen LogP contribution in [-0.4, -0.2) is 11.1 Å². The summed E-state index contributed by atoms with van der Waals surface area (Å²) in [6, 6.07) is 7.66. The van der Waals surface area contributed by atoms with Gasteiger partial charge in [-0.3, -0.25) is 0 Å². The Morgan fingerprint density at radius 3 is 2.67 bits per heavy atom. The number of aromatic carboxylic acids is 1. The topological polar surface area (TPSA) is 37.3 Å². The van der Waals surface area contributed by atoms with Crippen LogP contribution in [0.3, 0.4) is 0 Å². The van der Waals surface area contributed by atoms with E-state index in [1.165, 1.54) is 18.2 Å². The van der Waals surface area contributed by atoms with Crippen molar-refractivity contribution in [1.29, 1.82) is 0 Å². The van der Waals surface area contributed by atoms with Crippen LogP contribution in [-0.2, 0) is 0 Å². The van der Waals surface area contributed by atoms with Crippen LogP contribution < -0.4 is 0 Å². The quantitative estimate of drug-likeness (QED) is 0.807. The van der Waals surface area contributed by atoms with Crippen molar-refractivity contribution in [2.75, 3.05) is 0 Å². The summed E-state index contributed by atoms with van der Waals surface area (Å²) >= 11 is 5.81. The van der Waals surface area contributed by atoms with Crippen LogP contribution in [0.5, 0.6) is 0 Å². The summed E-state index contributed by atoms with van der Waals surface area (Å²) < 4.78 is 13.7. The average Bonchev–Trinajstić information content (AvgIpc) is 2.17. The van der Waals surface area contributed by atoms with Crippen molar-refractivity contribution in [2.24, 2.45) is 0 Å². The van der Waals surface area contributed by atoms with Crippen LogP contribution in [0.1, 0.15) is 10.4 Å². The zero-order valence-electron chi connectivity index (χ0n) is 7.50. The van der Waals surface area contributed by atoms with Crippen molar-refractivity contribution < 1.29 is 14.3 Å². The first-order valence-electron chi connectivity index (χ1n) is 4.21. The van der Waals surface area contributed by atoms with Gasteiger partial charge >= 0.3 is 5.97 Å². The number of hydrogen-bond acceptors (Lipinski definition) is 1. The SMILES string of the molecule is O=C(O)c1ccc2cccc(Cl)c2c1F. The third kappa shape index (κ3) is 1.55. The fraction of sp³-hybridized carbons (Fsp3) is 0. The Hall–Kier alpha value is -1.61. The summed E-state index contributed by atoms with van der Waals surface area (Å²) in [5.41, 5.74) is -0.365. The lowest BCUT2D eigenvalue weighted by Gasteiger charge is -2.04. The first kappa shape index (κ1) is 9.93. The van der Waals surface area contributed by atoms with Gasteiger partial charge in [0.15, 0.2) is 0 Å². The number of carbonyl (C=O) groups is 1. The molecule has 2 nitrogen and oxygen atoms in total. The van der Waals surface area contributed by atoms with Gasteiger partial charge < -0.3 is 5.11 Å². The molecular weight excluding hydrogens is 219 g/mol. The van der Waals surface area contributed by atoms with E-state index in [2.05, 4.69) is 0 Å². The van der Waals surface area contributed by atoms with Crippen LogP contribution in [0, 0.1) is 5.82 Å². The molecule has 15 heavy (non-hydrogen) atoms. The van der Waals surface area contributed by atoms with E-state index in [0.29, 0.717) is 5.39 Å². The molecule has 4 heteroatoms. The van der Waals surface area contributed by atoms with Crippen LogP contribution in [0.4, 0.5) is 4.39 Å². The molecule has 2 rings (SSSR count). The van der Waals surface area contributed by atoms with E-state index >= 15 is 0 Å². The van der Waals surface area contributed by atoms with E-state index in [1.807, 2.05) is 0 Å². The molecule has 0 unspecified atom stereocenters. The lowest BCUT2D eigenvalue weighted by atomic mass is 10.1. The Balaban J connectivity index is 2.89. The fourth-order valence-corrected chi connectivity index (χ4v) is 1.72. The molecule has 0 saturated carbocycles. The molecule has 0 saturated heterocycles. The number of rotatable bonds is 1. The molecule has 0 spiro atoms. The van der Waals surface area contributed by atoms with Crippen molar-refractivity contribution in [2.45, 2.75) is 0 Å². The standard InChI is InChI=1S/C11H6ClFO2/c12-8-3-1-2-6-4-5-7(11(14)15)10(13)9(6)8/h1-5H,(H,14,15). The molecule has 0 bridgehead atoms. The third-order valence-electron chi connectivity index (χ3n) is 2.16. The van der Waals surface area contributed by atoms with Crippen LogP contribution in [0.15, 0.2) is 30.3 Å². The molecule has 0 aromatic heterocycles. The zero-order valence-corrected chi connectivity index (χ0v) is 8.25. The summed E-state index contributed by atoms with van der Waals surface area (Å²) in [7, 11) is 0. The average molecular weight is 225 g/mol. The molecule has 0 aliphatic rings. The predicted octanol–water partition coefficient (Wildman–Crippen LogP) is 3.33. The molecule has 0 heterocycles. The number of fused-ring (bicyclic) bond motifs is 1. The van der Waals surface area contributed by atoms with Crippen LogP contribution >= 0.6 is 11.6 Å². The van der Waals surface area contributed by atoms with Gasteiger partial charge in [-0.15, -0.1) is 0 Å². The normalized spacial score (nSPS) is 10.5. The van der Waals surface area contributed by atoms with E-state index in [0.717, 1.165) is 0 Å². The number of carboxylic acid groups (broad SMARTS) is 1. The highest BCUT2D eigenvalue weighted by Crippen LogP contribution is 2.27. The van der Waals surface area contributed by atoms with Gasteiger partial charge in [0.1, 0.15) is 5.82 Å². The van der Waals surface area contributed by atoms with Gasteiger partial charge in [-0.2, -0.15) is 0 Å². The van der Waals surface area contributed by atoms with Gasteiger partial charge in [-0.25, -0.2) is 9.18 Å². The lowest BCUT2D eigenvalue weighted by Crippen LogP contribution is -2.00. The minimum Gasteiger partial charge on any atom is -0.478 e. The highest BCUT2D eigenvalue weighted by Gasteiger charge is 2.14. The second-order valence-corrected chi connectivity index (χ2v) is 3.48. The molecular formula is C11H6ClFO2. The fourth-order valence-electron chi connectivity index (χ4n) is 1.46. The smallest absolute Gasteiger partial charge is 0.338 e. The van der Waals surface area contributed by atoms with E-state index in [9.17, 15) is 9.18 Å². The zero-order chi connectivity index (χ0) is 11.0. The third-order valence-corrected chi connectivity index (χ3v) is 2.48. The molecule has 0 radical (unpaired) electrons. The monoisotopic (exact) mass is 224 g/mol. The number of benzene rings is 2. The Morgan fingerprint density at radius 1 is 1.27 bits per heavy atom. The summed E-state index contributed by atoms with van der Waals surface area (Å²) in [6.07, 6.45) is 0. The summed E-state index contributed by atoms with van der Waals surface area (Å²) in [5.74, 6) is -2.08. The number of hydrogen-bond donors (Lipinski definition) is 1. The second kappa shape index (κ2) is 3.51. The second-order valence-electron chi connectivity index (χ2n) is 3.07.